The normalized spacial score (nSPS) is 12.2. The Morgan fingerprint density at radius 3 is 2.21 bits per heavy atom. The number of sulfonamides is 1. The Hall–Kier alpha value is -1.52. The second-order valence-electron chi connectivity index (χ2n) is 4.86. The molecule has 0 saturated heterocycles. The van der Waals surface area contributed by atoms with Crippen molar-refractivity contribution in [3.8, 4) is 0 Å². The zero-order valence-electron chi connectivity index (χ0n) is 12.1. The van der Waals surface area contributed by atoms with Crippen LogP contribution in [0.4, 0.5) is 11.4 Å². The van der Waals surface area contributed by atoms with Crippen LogP contribution in [0.15, 0.2) is 40.1 Å². The molecular weight excluding hydrogens is 399 g/mol. The molecule has 24 heavy (non-hydrogen) atoms. The van der Waals surface area contributed by atoms with Crippen molar-refractivity contribution in [3.05, 3.63) is 45.9 Å². The van der Waals surface area contributed by atoms with Crippen LogP contribution in [-0.4, -0.2) is 21.4 Å². The minimum absolute atomic E-state index is 0.0261. The van der Waals surface area contributed by atoms with Crippen LogP contribution in [0.1, 0.15) is 5.56 Å². The van der Waals surface area contributed by atoms with Crippen LogP contribution in [0, 0.1) is 6.92 Å². The fourth-order valence-corrected chi connectivity index (χ4v) is 4.35. The fourth-order valence-electron chi connectivity index (χ4n) is 1.86. The van der Waals surface area contributed by atoms with Crippen LogP contribution < -0.4 is 10.5 Å². The largest absolute Gasteiger partial charge is 0.397 e. The summed E-state index contributed by atoms with van der Waals surface area (Å²) in [5, 5.41) is -0.0881. The highest BCUT2D eigenvalue weighted by Crippen LogP contribution is 2.32. The SMILES string of the molecule is Cc1cc(S(=O)(=O)O)ccc1NS(=O)(=O)c1cc(Cl)c(N)cc1Cl. The summed E-state index contributed by atoms with van der Waals surface area (Å²) >= 11 is 11.7. The lowest BCUT2D eigenvalue weighted by molar-refractivity contribution is 0.483. The highest BCUT2D eigenvalue weighted by Gasteiger charge is 2.21. The van der Waals surface area contributed by atoms with Crippen LogP contribution in [0.25, 0.3) is 0 Å². The number of benzene rings is 2. The number of aryl methyl sites for hydroxylation is 1. The molecule has 0 aromatic heterocycles. The Labute approximate surface area is 149 Å². The molecule has 0 bridgehead atoms. The van der Waals surface area contributed by atoms with Gasteiger partial charge in [0.15, 0.2) is 0 Å². The molecule has 0 fully saturated rings. The lowest BCUT2D eigenvalue weighted by Gasteiger charge is -2.13. The van der Waals surface area contributed by atoms with Gasteiger partial charge in [-0.05, 0) is 42.8 Å². The van der Waals surface area contributed by atoms with Crippen molar-refractivity contribution in [2.45, 2.75) is 16.7 Å². The third kappa shape index (κ3) is 3.93. The Balaban J connectivity index is 2.46. The molecule has 2 rings (SSSR count). The first-order chi connectivity index (χ1) is 10.9. The standard InChI is InChI=1S/C13H12Cl2N2O5S2/c1-7-4-8(24(20,21)22)2-3-12(7)17-23(18,19)13-6-9(14)11(16)5-10(13)15/h2-6,17H,16H2,1H3,(H,20,21,22). The van der Waals surface area contributed by atoms with E-state index in [9.17, 15) is 16.8 Å². The van der Waals surface area contributed by atoms with Gasteiger partial charge in [-0.1, -0.05) is 23.2 Å². The third-order valence-corrected chi connectivity index (χ3v) is 6.09. The number of halogens is 2. The van der Waals surface area contributed by atoms with E-state index in [1.54, 1.807) is 0 Å². The van der Waals surface area contributed by atoms with Crippen LogP contribution >= 0.6 is 23.2 Å². The molecule has 130 valence electrons. The maximum atomic E-state index is 12.5. The highest BCUT2D eigenvalue weighted by molar-refractivity contribution is 7.92. The molecule has 7 nitrogen and oxygen atoms in total. The van der Waals surface area contributed by atoms with Gasteiger partial charge >= 0.3 is 0 Å². The quantitative estimate of drug-likeness (QED) is 0.525. The molecule has 0 aliphatic rings. The Morgan fingerprint density at radius 2 is 1.67 bits per heavy atom. The van der Waals surface area contributed by atoms with Crippen LogP contribution in [-0.2, 0) is 20.1 Å². The molecule has 2 aromatic carbocycles. The molecule has 0 atom stereocenters. The van der Waals surface area contributed by atoms with Gasteiger partial charge in [0, 0.05) is 0 Å². The van der Waals surface area contributed by atoms with Crippen molar-refractivity contribution >= 4 is 54.7 Å². The number of hydrogen-bond donors (Lipinski definition) is 3. The predicted molar refractivity (Wildman–Crippen MR) is 92.7 cm³/mol. The zero-order valence-corrected chi connectivity index (χ0v) is 15.3. The van der Waals surface area contributed by atoms with Crippen molar-refractivity contribution in [3.63, 3.8) is 0 Å². The first-order valence-corrected chi connectivity index (χ1v) is 9.95. The monoisotopic (exact) mass is 410 g/mol. The fraction of sp³-hybridized carbons (Fsp3) is 0.0769. The first-order valence-electron chi connectivity index (χ1n) is 6.27. The van der Waals surface area contributed by atoms with Crippen molar-refractivity contribution in [2.24, 2.45) is 0 Å². The van der Waals surface area contributed by atoms with E-state index in [0.29, 0.717) is 0 Å². The van der Waals surface area contributed by atoms with Gasteiger partial charge in [-0.3, -0.25) is 9.27 Å². The molecule has 2 aromatic rings. The van der Waals surface area contributed by atoms with E-state index in [4.69, 9.17) is 33.5 Å². The van der Waals surface area contributed by atoms with E-state index in [0.717, 1.165) is 18.2 Å². The average molecular weight is 411 g/mol. The molecule has 11 heteroatoms. The molecule has 0 saturated carbocycles. The number of rotatable bonds is 4. The molecule has 0 amide bonds. The summed E-state index contributed by atoms with van der Waals surface area (Å²) in [6, 6.07) is 5.74. The topological polar surface area (TPSA) is 127 Å². The summed E-state index contributed by atoms with van der Waals surface area (Å²) in [7, 11) is -8.47. The van der Waals surface area contributed by atoms with Crippen molar-refractivity contribution < 1.29 is 21.4 Å². The van der Waals surface area contributed by atoms with Gasteiger partial charge < -0.3 is 5.73 Å². The Kier molecular flexibility index (Phi) is 5.03. The van der Waals surface area contributed by atoms with Crippen LogP contribution in [0.3, 0.4) is 0 Å². The number of anilines is 2. The molecular formula is C13H12Cl2N2O5S2. The van der Waals surface area contributed by atoms with Crippen molar-refractivity contribution in [2.75, 3.05) is 10.5 Å². The van der Waals surface area contributed by atoms with E-state index in [1.165, 1.54) is 19.1 Å². The van der Waals surface area contributed by atoms with Crippen molar-refractivity contribution in [1.29, 1.82) is 0 Å². The van der Waals surface area contributed by atoms with Gasteiger partial charge in [0.1, 0.15) is 4.90 Å². The van der Waals surface area contributed by atoms with E-state index >= 15 is 0 Å². The number of nitrogens with one attached hydrogen (secondary N) is 1. The molecule has 0 radical (unpaired) electrons. The van der Waals surface area contributed by atoms with E-state index in [-0.39, 0.29) is 36.8 Å². The smallest absolute Gasteiger partial charge is 0.294 e. The summed E-state index contributed by atoms with van der Waals surface area (Å²) in [6.07, 6.45) is 0. The molecule has 0 heterocycles. The van der Waals surface area contributed by atoms with E-state index in [2.05, 4.69) is 4.72 Å². The minimum Gasteiger partial charge on any atom is -0.397 e. The van der Waals surface area contributed by atoms with Crippen LogP contribution in [0.2, 0.25) is 10.0 Å². The number of nitrogens with two attached hydrogens (primary N) is 1. The average Bonchev–Trinajstić information content (AvgIpc) is 2.43. The third-order valence-electron chi connectivity index (χ3n) is 3.08. The lowest BCUT2D eigenvalue weighted by Crippen LogP contribution is -2.15. The van der Waals surface area contributed by atoms with E-state index in [1.807, 2.05) is 0 Å². The van der Waals surface area contributed by atoms with Gasteiger partial charge in [-0.25, -0.2) is 8.42 Å². The van der Waals surface area contributed by atoms with Gasteiger partial charge in [-0.15, -0.1) is 0 Å². The zero-order chi connectivity index (χ0) is 18.3. The molecule has 0 spiro atoms. The maximum absolute atomic E-state index is 12.5. The number of hydrogen-bond acceptors (Lipinski definition) is 5. The summed E-state index contributed by atoms with van der Waals surface area (Å²) in [4.78, 5) is -0.627. The Bertz CT molecular complexity index is 1020. The van der Waals surface area contributed by atoms with E-state index < -0.39 is 20.1 Å². The van der Waals surface area contributed by atoms with Crippen molar-refractivity contribution in [1.82, 2.24) is 0 Å². The van der Waals surface area contributed by atoms with Gasteiger partial charge in [-0.2, -0.15) is 8.42 Å². The second kappa shape index (κ2) is 6.41. The van der Waals surface area contributed by atoms with Gasteiger partial charge in [0.25, 0.3) is 20.1 Å². The summed E-state index contributed by atoms with van der Waals surface area (Å²) in [6.45, 7) is 1.48. The summed E-state index contributed by atoms with van der Waals surface area (Å²) < 4.78 is 58.4. The maximum Gasteiger partial charge on any atom is 0.294 e. The highest BCUT2D eigenvalue weighted by atomic mass is 35.5. The predicted octanol–water partition coefficient (Wildman–Crippen LogP) is 2.93. The molecule has 0 aliphatic heterocycles. The van der Waals surface area contributed by atoms with Crippen LogP contribution in [0.5, 0.6) is 0 Å². The van der Waals surface area contributed by atoms with Gasteiger partial charge in [0.05, 0.1) is 26.3 Å². The molecule has 0 aliphatic carbocycles. The number of nitrogen functional groups attached to an aromatic ring is 1. The lowest BCUT2D eigenvalue weighted by atomic mass is 10.2. The first kappa shape index (κ1) is 18.8. The Morgan fingerprint density at radius 1 is 1.04 bits per heavy atom. The van der Waals surface area contributed by atoms with Gasteiger partial charge in [0.2, 0.25) is 0 Å². The minimum atomic E-state index is -4.38. The summed E-state index contributed by atoms with van der Waals surface area (Å²) in [5.74, 6) is 0. The summed E-state index contributed by atoms with van der Waals surface area (Å²) in [5.41, 5.74) is 6.09. The molecule has 0 unspecified atom stereocenters. The molecule has 4 N–H and O–H groups in total. The second-order valence-corrected chi connectivity index (χ2v) is 8.75.